The smallest absolute Gasteiger partial charge is 0.278 e. The van der Waals surface area contributed by atoms with Crippen molar-refractivity contribution in [1.82, 2.24) is 4.90 Å². The number of ether oxygens (including phenoxy) is 2. The minimum atomic E-state index is -0.349. The zero-order valence-electron chi connectivity index (χ0n) is 18.2. The molecule has 2 amide bonds. The number of amides is 2. The van der Waals surface area contributed by atoms with Gasteiger partial charge in [-0.05, 0) is 35.9 Å². The van der Waals surface area contributed by atoms with Gasteiger partial charge >= 0.3 is 0 Å². The van der Waals surface area contributed by atoms with Crippen molar-refractivity contribution in [2.24, 2.45) is 0 Å². The maximum Gasteiger partial charge on any atom is 0.278 e. The van der Waals surface area contributed by atoms with Crippen molar-refractivity contribution in [3.05, 3.63) is 95.7 Å². The lowest BCUT2D eigenvalue weighted by Crippen LogP contribution is -2.33. The predicted octanol–water partition coefficient (Wildman–Crippen LogP) is 4.12. The molecule has 0 unspecified atom stereocenters. The highest BCUT2D eigenvalue weighted by atomic mass is 16.5. The fourth-order valence-electron chi connectivity index (χ4n) is 3.82. The molecule has 0 fully saturated rings. The number of para-hydroxylation sites is 2. The molecule has 162 valence electrons. The quantitative estimate of drug-likeness (QED) is 0.530. The fraction of sp³-hybridized carbons (Fsp3) is 0.154. The van der Waals surface area contributed by atoms with Crippen LogP contribution in [0.25, 0.3) is 5.57 Å². The molecule has 4 rings (SSSR count). The number of benzene rings is 3. The molecular weight excluding hydrogens is 404 g/mol. The number of likely N-dealkylation sites (N-methyl/N-ethyl adjacent to an activating group) is 1. The molecule has 0 N–H and O–H groups in total. The topological polar surface area (TPSA) is 59.1 Å². The van der Waals surface area contributed by atoms with Crippen molar-refractivity contribution in [1.29, 1.82) is 0 Å². The molecule has 6 heteroatoms. The normalized spacial score (nSPS) is 13.5. The maximum absolute atomic E-state index is 13.6. The first-order chi connectivity index (χ1) is 15.5. The van der Waals surface area contributed by atoms with E-state index in [4.69, 9.17) is 9.47 Å². The van der Waals surface area contributed by atoms with Crippen LogP contribution >= 0.6 is 0 Å². The van der Waals surface area contributed by atoms with E-state index in [1.54, 1.807) is 50.4 Å². The standard InChI is InChI=1S/C26H24N2O4/c1-27(20-10-5-4-6-11-20)24-23(18-13-15-21(31-2)16-14-18)25(29)28(26(24)30)17-19-9-7-8-12-22(19)32-3/h4-16H,17H2,1-3H3. The third-order valence-electron chi connectivity index (χ3n) is 5.52. The second-order valence-corrected chi connectivity index (χ2v) is 7.35. The van der Waals surface area contributed by atoms with Crippen LogP contribution in [0.2, 0.25) is 0 Å². The molecule has 32 heavy (non-hydrogen) atoms. The Kier molecular flexibility index (Phi) is 5.94. The minimum absolute atomic E-state index is 0.119. The van der Waals surface area contributed by atoms with Gasteiger partial charge in [-0.3, -0.25) is 14.5 Å². The van der Waals surface area contributed by atoms with Gasteiger partial charge in [0.1, 0.15) is 17.2 Å². The minimum Gasteiger partial charge on any atom is -0.497 e. The molecule has 0 aromatic heterocycles. The fourth-order valence-corrected chi connectivity index (χ4v) is 3.82. The molecule has 0 saturated heterocycles. The lowest BCUT2D eigenvalue weighted by molar-refractivity contribution is -0.137. The van der Waals surface area contributed by atoms with Gasteiger partial charge in [0.2, 0.25) is 0 Å². The summed E-state index contributed by atoms with van der Waals surface area (Å²) in [6, 6.07) is 24.0. The Bertz CT molecular complexity index is 1170. The predicted molar refractivity (Wildman–Crippen MR) is 123 cm³/mol. The summed E-state index contributed by atoms with van der Waals surface area (Å²) in [5.41, 5.74) is 2.92. The number of anilines is 1. The van der Waals surface area contributed by atoms with Gasteiger partial charge in [0.25, 0.3) is 11.8 Å². The van der Waals surface area contributed by atoms with Crippen molar-refractivity contribution in [2.75, 3.05) is 26.2 Å². The number of carbonyl (C=O) groups is 2. The average molecular weight is 428 g/mol. The van der Waals surface area contributed by atoms with Gasteiger partial charge in [0, 0.05) is 18.3 Å². The van der Waals surface area contributed by atoms with Crippen molar-refractivity contribution < 1.29 is 19.1 Å². The lowest BCUT2D eigenvalue weighted by Gasteiger charge is -2.22. The van der Waals surface area contributed by atoms with Crippen molar-refractivity contribution in [3.63, 3.8) is 0 Å². The van der Waals surface area contributed by atoms with E-state index in [2.05, 4.69) is 0 Å². The molecule has 0 saturated carbocycles. The number of methoxy groups -OCH3 is 2. The molecule has 3 aromatic carbocycles. The Morgan fingerprint density at radius 1 is 0.781 bits per heavy atom. The summed E-state index contributed by atoms with van der Waals surface area (Å²) in [6.45, 7) is 0.119. The number of hydrogen-bond acceptors (Lipinski definition) is 5. The molecular formula is C26H24N2O4. The third kappa shape index (κ3) is 3.83. The summed E-state index contributed by atoms with van der Waals surface area (Å²) in [6.07, 6.45) is 0. The van der Waals surface area contributed by atoms with Crippen LogP contribution in [-0.2, 0) is 16.1 Å². The highest BCUT2D eigenvalue weighted by Crippen LogP contribution is 2.35. The summed E-state index contributed by atoms with van der Waals surface area (Å²) in [5, 5.41) is 0. The van der Waals surface area contributed by atoms with Crippen LogP contribution in [0.5, 0.6) is 11.5 Å². The molecule has 1 aliphatic heterocycles. The van der Waals surface area contributed by atoms with Gasteiger partial charge in [-0.25, -0.2) is 0 Å². The molecule has 0 spiro atoms. The molecule has 1 aliphatic rings. The number of carbonyl (C=O) groups excluding carboxylic acids is 2. The van der Waals surface area contributed by atoms with E-state index in [9.17, 15) is 9.59 Å². The van der Waals surface area contributed by atoms with Crippen LogP contribution in [0.1, 0.15) is 11.1 Å². The van der Waals surface area contributed by atoms with Crippen LogP contribution in [0.4, 0.5) is 5.69 Å². The molecule has 1 heterocycles. The van der Waals surface area contributed by atoms with Crippen LogP contribution < -0.4 is 14.4 Å². The number of imide groups is 1. The average Bonchev–Trinajstić information content (AvgIpc) is 3.09. The van der Waals surface area contributed by atoms with Gasteiger partial charge in [0.15, 0.2) is 0 Å². The molecule has 6 nitrogen and oxygen atoms in total. The second kappa shape index (κ2) is 8.98. The van der Waals surface area contributed by atoms with E-state index in [0.29, 0.717) is 28.3 Å². The summed E-state index contributed by atoms with van der Waals surface area (Å²) >= 11 is 0. The molecule has 0 radical (unpaired) electrons. The molecule has 3 aromatic rings. The van der Waals surface area contributed by atoms with E-state index >= 15 is 0 Å². The Balaban J connectivity index is 1.79. The summed E-state index contributed by atoms with van der Waals surface area (Å²) < 4.78 is 10.7. The van der Waals surface area contributed by atoms with Gasteiger partial charge in [-0.2, -0.15) is 0 Å². The van der Waals surface area contributed by atoms with Crippen LogP contribution in [0.3, 0.4) is 0 Å². The van der Waals surface area contributed by atoms with Crippen LogP contribution in [0.15, 0.2) is 84.6 Å². The van der Waals surface area contributed by atoms with E-state index < -0.39 is 0 Å². The van der Waals surface area contributed by atoms with E-state index in [0.717, 1.165) is 11.3 Å². The zero-order chi connectivity index (χ0) is 22.7. The molecule has 0 atom stereocenters. The van der Waals surface area contributed by atoms with Crippen molar-refractivity contribution >= 4 is 23.1 Å². The maximum atomic E-state index is 13.6. The SMILES string of the molecule is COc1ccc(C2=C(N(C)c3ccccc3)C(=O)N(Cc3ccccc3OC)C2=O)cc1. The van der Waals surface area contributed by atoms with Gasteiger partial charge in [-0.1, -0.05) is 48.5 Å². The van der Waals surface area contributed by atoms with Gasteiger partial charge < -0.3 is 14.4 Å². The summed E-state index contributed by atoms with van der Waals surface area (Å²) in [4.78, 5) is 30.2. The Morgan fingerprint density at radius 3 is 2.09 bits per heavy atom. The van der Waals surface area contributed by atoms with E-state index in [-0.39, 0.29) is 18.4 Å². The van der Waals surface area contributed by atoms with E-state index in [1.165, 1.54) is 4.90 Å². The highest BCUT2D eigenvalue weighted by molar-refractivity contribution is 6.36. The summed E-state index contributed by atoms with van der Waals surface area (Å²) in [7, 11) is 4.95. The molecule has 0 bridgehead atoms. The number of rotatable bonds is 7. The third-order valence-corrected chi connectivity index (χ3v) is 5.52. The highest BCUT2D eigenvalue weighted by Gasteiger charge is 2.41. The number of hydrogen-bond donors (Lipinski definition) is 0. The first kappa shape index (κ1) is 21.2. The second-order valence-electron chi connectivity index (χ2n) is 7.35. The Hall–Kier alpha value is -4.06. The van der Waals surface area contributed by atoms with Crippen molar-refractivity contribution in [3.8, 4) is 11.5 Å². The Morgan fingerprint density at radius 2 is 1.44 bits per heavy atom. The first-order valence-electron chi connectivity index (χ1n) is 10.2. The first-order valence-corrected chi connectivity index (χ1v) is 10.2. The molecule has 0 aliphatic carbocycles. The van der Waals surface area contributed by atoms with Crippen LogP contribution in [0, 0.1) is 0 Å². The number of nitrogens with zero attached hydrogens (tertiary/aromatic N) is 2. The van der Waals surface area contributed by atoms with E-state index in [1.807, 2.05) is 54.6 Å². The van der Waals surface area contributed by atoms with Crippen LogP contribution in [-0.4, -0.2) is 38.0 Å². The van der Waals surface area contributed by atoms with Crippen molar-refractivity contribution in [2.45, 2.75) is 6.54 Å². The zero-order valence-corrected chi connectivity index (χ0v) is 18.2. The largest absolute Gasteiger partial charge is 0.497 e. The Labute approximate surface area is 187 Å². The lowest BCUT2D eigenvalue weighted by atomic mass is 10.0. The van der Waals surface area contributed by atoms with Gasteiger partial charge in [0.05, 0.1) is 26.3 Å². The van der Waals surface area contributed by atoms with Gasteiger partial charge in [-0.15, -0.1) is 0 Å². The monoisotopic (exact) mass is 428 g/mol. The summed E-state index contributed by atoms with van der Waals surface area (Å²) in [5.74, 6) is 0.612.